The molecule has 21 heavy (non-hydrogen) atoms. The van der Waals surface area contributed by atoms with Crippen molar-refractivity contribution in [2.24, 2.45) is 11.8 Å². The highest BCUT2D eigenvalue weighted by molar-refractivity contribution is 5.81. The number of nitrogens with zero attached hydrogens (tertiary/aromatic N) is 1. The zero-order chi connectivity index (χ0) is 15.4. The lowest BCUT2D eigenvalue weighted by Crippen LogP contribution is -2.47. The van der Waals surface area contributed by atoms with Crippen molar-refractivity contribution >= 4 is 5.91 Å². The molecule has 0 aliphatic carbocycles. The first-order chi connectivity index (χ1) is 9.99. The third kappa shape index (κ3) is 4.13. The molecule has 1 aromatic carbocycles. The molecular formula is C17H25NO3. The molecule has 2 rings (SSSR count). The number of methoxy groups -OCH3 is 1. The van der Waals surface area contributed by atoms with Crippen molar-refractivity contribution in [3.8, 4) is 11.5 Å². The molecule has 1 aliphatic rings. The normalized spacial score (nSPS) is 23.5. The lowest BCUT2D eigenvalue weighted by atomic mass is 9.91. The van der Waals surface area contributed by atoms with Crippen LogP contribution in [-0.2, 0) is 4.79 Å². The minimum Gasteiger partial charge on any atom is -0.497 e. The molecule has 3 unspecified atom stereocenters. The predicted molar refractivity (Wildman–Crippen MR) is 82.6 cm³/mol. The van der Waals surface area contributed by atoms with E-state index in [4.69, 9.17) is 9.47 Å². The van der Waals surface area contributed by atoms with Gasteiger partial charge in [0.15, 0.2) is 6.10 Å². The highest BCUT2D eigenvalue weighted by Crippen LogP contribution is 2.23. The van der Waals surface area contributed by atoms with Gasteiger partial charge in [0.25, 0.3) is 5.91 Å². The van der Waals surface area contributed by atoms with Gasteiger partial charge in [-0.15, -0.1) is 0 Å². The van der Waals surface area contributed by atoms with Crippen LogP contribution in [0.3, 0.4) is 0 Å². The molecular weight excluding hydrogens is 266 g/mol. The van der Waals surface area contributed by atoms with Crippen molar-refractivity contribution in [2.45, 2.75) is 33.3 Å². The molecule has 0 spiro atoms. The van der Waals surface area contributed by atoms with Gasteiger partial charge in [0.05, 0.1) is 7.11 Å². The fraction of sp³-hybridized carbons (Fsp3) is 0.588. The van der Waals surface area contributed by atoms with E-state index >= 15 is 0 Å². The van der Waals surface area contributed by atoms with Gasteiger partial charge in [-0.3, -0.25) is 4.79 Å². The Kier molecular flexibility index (Phi) is 5.10. The smallest absolute Gasteiger partial charge is 0.263 e. The fourth-order valence-corrected chi connectivity index (χ4v) is 3.03. The highest BCUT2D eigenvalue weighted by Gasteiger charge is 2.29. The van der Waals surface area contributed by atoms with Gasteiger partial charge in [-0.05, 0) is 37.3 Å². The minimum absolute atomic E-state index is 0.0659. The van der Waals surface area contributed by atoms with Gasteiger partial charge >= 0.3 is 0 Å². The van der Waals surface area contributed by atoms with Gasteiger partial charge < -0.3 is 14.4 Å². The van der Waals surface area contributed by atoms with Gasteiger partial charge in [-0.2, -0.15) is 0 Å². The zero-order valence-electron chi connectivity index (χ0n) is 13.3. The lowest BCUT2D eigenvalue weighted by Gasteiger charge is -2.36. The zero-order valence-corrected chi connectivity index (χ0v) is 13.3. The molecule has 0 N–H and O–H groups in total. The number of piperidine rings is 1. The van der Waals surface area contributed by atoms with E-state index in [0.717, 1.165) is 18.8 Å². The van der Waals surface area contributed by atoms with E-state index in [0.29, 0.717) is 17.6 Å². The number of rotatable bonds is 4. The fourth-order valence-electron chi connectivity index (χ4n) is 3.03. The second-order valence-corrected chi connectivity index (χ2v) is 6.13. The predicted octanol–water partition coefficient (Wildman–Crippen LogP) is 2.97. The van der Waals surface area contributed by atoms with Crippen molar-refractivity contribution in [2.75, 3.05) is 20.2 Å². The minimum atomic E-state index is -0.477. The second-order valence-electron chi connectivity index (χ2n) is 6.13. The van der Waals surface area contributed by atoms with Crippen molar-refractivity contribution in [3.05, 3.63) is 24.3 Å². The van der Waals surface area contributed by atoms with E-state index in [-0.39, 0.29) is 5.91 Å². The molecule has 1 fully saturated rings. The van der Waals surface area contributed by atoms with E-state index in [1.165, 1.54) is 6.42 Å². The van der Waals surface area contributed by atoms with Crippen LogP contribution in [0.1, 0.15) is 27.2 Å². The van der Waals surface area contributed by atoms with E-state index in [1.807, 2.05) is 30.0 Å². The molecule has 1 amide bonds. The van der Waals surface area contributed by atoms with Crippen LogP contribution in [0.25, 0.3) is 0 Å². The largest absolute Gasteiger partial charge is 0.497 e. The van der Waals surface area contributed by atoms with E-state index in [9.17, 15) is 4.79 Å². The maximum atomic E-state index is 12.5. The van der Waals surface area contributed by atoms with Crippen LogP contribution in [0.2, 0.25) is 0 Å². The Bertz CT molecular complexity index is 479. The molecule has 4 nitrogen and oxygen atoms in total. The Labute approximate surface area is 127 Å². The van der Waals surface area contributed by atoms with Crippen LogP contribution in [0.15, 0.2) is 24.3 Å². The molecule has 0 bridgehead atoms. The van der Waals surface area contributed by atoms with Crippen LogP contribution in [0.5, 0.6) is 11.5 Å². The summed E-state index contributed by atoms with van der Waals surface area (Å²) < 4.78 is 10.9. The van der Waals surface area contributed by atoms with Gasteiger partial charge in [-0.25, -0.2) is 0 Å². The van der Waals surface area contributed by atoms with Crippen LogP contribution >= 0.6 is 0 Å². The first-order valence-electron chi connectivity index (χ1n) is 7.59. The van der Waals surface area contributed by atoms with Crippen molar-refractivity contribution < 1.29 is 14.3 Å². The van der Waals surface area contributed by atoms with Gasteiger partial charge in [0.1, 0.15) is 11.5 Å². The van der Waals surface area contributed by atoms with Crippen LogP contribution < -0.4 is 9.47 Å². The summed E-state index contributed by atoms with van der Waals surface area (Å²) in [5, 5.41) is 0. The molecule has 3 atom stereocenters. The summed E-state index contributed by atoms with van der Waals surface area (Å²) in [5.74, 6) is 2.57. The topological polar surface area (TPSA) is 38.8 Å². The number of hydrogen-bond acceptors (Lipinski definition) is 3. The van der Waals surface area contributed by atoms with Gasteiger partial charge in [-0.1, -0.05) is 19.9 Å². The summed E-state index contributed by atoms with van der Waals surface area (Å²) in [7, 11) is 1.62. The number of benzene rings is 1. The first kappa shape index (κ1) is 15.7. The Morgan fingerprint density at radius 2 is 1.86 bits per heavy atom. The molecule has 1 aromatic rings. The molecule has 116 valence electrons. The Hall–Kier alpha value is -1.71. The maximum Gasteiger partial charge on any atom is 0.263 e. The maximum absolute atomic E-state index is 12.5. The van der Waals surface area contributed by atoms with E-state index < -0.39 is 6.10 Å². The number of hydrogen-bond donors (Lipinski definition) is 0. The molecule has 4 heteroatoms. The third-order valence-corrected chi connectivity index (χ3v) is 3.88. The summed E-state index contributed by atoms with van der Waals surface area (Å²) in [5.41, 5.74) is 0. The van der Waals surface area contributed by atoms with Crippen LogP contribution in [0.4, 0.5) is 0 Å². The summed E-state index contributed by atoms with van der Waals surface area (Å²) in [6, 6.07) is 7.35. The Morgan fingerprint density at radius 1 is 1.24 bits per heavy atom. The quantitative estimate of drug-likeness (QED) is 0.856. The Morgan fingerprint density at radius 3 is 2.48 bits per heavy atom. The summed E-state index contributed by atoms with van der Waals surface area (Å²) >= 11 is 0. The summed E-state index contributed by atoms with van der Waals surface area (Å²) in [4.78, 5) is 14.5. The van der Waals surface area contributed by atoms with Gasteiger partial charge in [0, 0.05) is 19.2 Å². The number of carbonyl (C=O) groups is 1. The molecule has 1 aliphatic heterocycles. The number of amides is 1. The first-order valence-corrected chi connectivity index (χ1v) is 7.59. The molecule has 0 radical (unpaired) electrons. The van der Waals surface area contributed by atoms with Crippen molar-refractivity contribution in [1.29, 1.82) is 0 Å². The average molecular weight is 291 g/mol. The monoisotopic (exact) mass is 291 g/mol. The van der Waals surface area contributed by atoms with Crippen LogP contribution in [0, 0.1) is 11.8 Å². The average Bonchev–Trinajstić information content (AvgIpc) is 2.45. The third-order valence-electron chi connectivity index (χ3n) is 3.88. The van der Waals surface area contributed by atoms with E-state index in [2.05, 4.69) is 13.8 Å². The summed E-state index contributed by atoms with van der Waals surface area (Å²) in [6.45, 7) is 7.86. The second kappa shape index (κ2) is 6.83. The molecule has 0 aromatic heterocycles. The van der Waals surface area contributed by atoms with Gasteiger partial charge in [0.2, 0.25) is 0 Å². The lowest BCUT2D eigenvalue weighted by molar-refractivity contribution is -0.140. The van der Waals surface area contributed by atoms with Crippen molar-refractivity contribution in [1.82, 2.24) is 4.90 Å². The van der Waals surface area contributed by atoms with E-state index in [1.54, 1.807) is 13.2 Å². The molecule has 1 saturated heterocycles. The number of ether oxygens (including phenoxy) is 2. The van der Waals surface area contributed by atoms with Crippen LogP contribution in [-0.4, -0.2) is 37.1 Å². The summed E-state index contributed by atoms with van der Waals surface area (Å²) in [6.07, 6.45) is 0.712. The molecule has 1 heterocycles. The number of likely N-dealkylation sites (tertiary alicyclic amines) is 1. The van der Waals surface area contributed by atoms with Crippen molar-refractivity contribution in [3.63, 3.8) is 0 Å². The SMILES string of the molecule is COc1cccc(OC(C)C(=O)N2CC(C)CC(C)C2)c1. The standard InChI is InChI=1S/C17H25NO3/c1-12-8-13(2)11-18(10-12)17(19)14(3)21-16-7-5-6-15(9-16)20-4/h5-7,9,12-14H,8,10-11H2,1-4H3. The highest BCUT2D eigenvalue weighted by atomic mass is 16.5. The Balaban J connectivity index is 1.98. The number of carbonyl (C=O) groups excluding carboxylic acids is 1. The molecule has 0 saturated carbocycles.